The molecule has 1 spiro atoms. The molecule has 5 rings (SSSR count). The predicted octanol–water partition coefficient (Wildman–Crippen LogP) is 5.71. The molecule has 2 aromatic rings. The number of rotatable bonds is 2. The van der Waals surface area contributed by atoms with Crippen molar-refractivity contribution in [2.24, 2.45) is 0 Å². The van der Waals surface area contributed by atoms with Gasteiger partial charge in [0.05, 0.1) is 6.10 Å². The summed E-state index contributed by atoms with van der Waals surface area (Å²) in [6.07, 6.45) is 12.5. The fourth-order valence-electron chi connectivity index (χ4n) is 5.90. The molecule has 2 aliphatic carbocycles. The first-order valence-corrected chi connectivity index (χ1v) is 11.8. The van der Waals surface area contributed by atoms with Gasteiger partial charge in [-0.2, -0.15) is 0 Å². The van der Waals surface area contributed by atoms with E-state index in [0.717, 1.165) is 60.8 Å². The molecule has 0 unspecified atom stereocenters. The van der Waals surface area contributed by atoms with E-state index in [1.54, 1.807) is 0 Å². The predicted molar refractivity (Wildman–Crippen MR) is 116 cm³/mol. The molecule has 2 N–H and O–H groups in total. The van der Waals surface area contributed by atoms with Gasteiger partial charge in [0.25, 0.3) is 5.91 Å². The first-order chi connectivity index (χ1) is 14.6. The highest BCUT2D eigenvalue weighted by atomic mass is 16.5. The van der Waals surface area contributed by atoms with Crippen LogP contribution in [0.1, 0.15) is 105 Å². The third-order valence-corrected chi connectivity index (χ3v) is 7.48. The molecule has 162 valence electrons. The molecule has 2 saturated carbocycles. The van der Waals surface area contributed by atoms with E-state index in [2.05, 4.69) is 5.32 Å². The Kier molecular flexibility index (Phi) is 5.26. The zero-order valence-electron chi connectivity index (χ0n) is 18.0. The first kappa shape index (κ1) is 19.9. The minimum atomic E-state index is -0.593. The molecular formula is C25H33NO4. The molecule has 30 heavy (non-hydrogen) atoms. The van der Waals surface area contributed by atoms with Gasteiger partial charge in [0.1, 0.15) is 16.9 Å². The highest BCUT2D eigenvalue weighted by molar-refractivity contribution is 6.00. The Bertz CT molecular complexity index is 932. The lowest BCUT2D eigenvalue weighted by molar-refractivity contribution is -0.0373. The van der Waals surface area contributed by atoms with Crippen molar-refractivity contribution < 1.29 is 19.1 Å². The highest BCUT2D eigenvalue weighted by Crippen LogP contribution is 2.49. The van der Waals surface area contributed by atoms with Gasteiger partial charge >= 0.3 is 0 Å². The Morgan fingerprint density at radius 3 is 2.50 bits per heavy atom. The van der Waals surface area contributed by atoms with Crippen LogP contribution in [-0.4, -0.2) is 22.7 Å². The molecule has 5 nitrogen and oxygen atoms in total. The van der Waals surface area contributed by atoms with Crippen LogP contribution in [0.15, 0.2) is 16.5 Å². The summed E-state index contributed by atoms with van der Waals surface area (Å²) in [5.41, 5.74) is 2.00. The third kappa shape index (κ3) is 3.51. The maximum Gasteiger partial charge on any atom is 0.287 e. The molecule has 2 fully saturated rings. The van der Waals surface area contributed by atoms with Crippen LogP contribution in [0.25, 0.3) is 11.0 Å². The van der Waals surface area contributed by atoms with Gasteiger partial charge in [-0.3, -0.25) is 4.79 Å². The summed E-state index contributed by atoms with van der Waals surface area (Å²) in [4.78, 5) is 13.0. The summed E-state index contributed by atoms with van der Waals surface area (Å²) < 4.78 is 12.5. The molecule has 1 atom stereocenters. The van der Waals surface area contributed by atoms with Crippen molar-refractivity contribution in [2.75, 3.05) is 0 Å². The minimum absolute atomic E-state index is 0.140. The number of furan rings is 1. The van der Waals surface area contributed by atoms with Crippen molar-refractivity contribution in [3.8, 4) is 5.75 Å². The van der Waals surface area contributed by atoms with Crippen molar-refractivity contribution in [2.45, 2.75) is 102 Å². The van der Waals surface area contributed by atoms with Crippen LogP contribution in [0, 0.1) is 6.92 Å². The van der Waals surface area contributed by atoms with Gasteiger partial charge in [0.2, 0.25) is 0 Å². The SMILES string of the molecule is Cc1c(C(=O)NC2CCCCCC2)oc2ccc3c(c12)[C@@H](O)CC1(CCCCC1)O3. The number of hydrogen-bond acceptors (Lipinski definition) is 4. The van der Waals surface area contributed by atoms with E-state index in [4.69, 9.17) is 9.15 Å². The average molecular weight is 412 g/mol. The van der Waals surface area contributed by atoms with Crippen LogP contribution in [0.5, 0.6) is 5.75 Å². The lowest BCUT2D eigenvalue weighted by atomic mass is 9.77. The van der Waals surface area contributed by atoms with Crippen LogP contribution < -0.4 is 10.1 Å². The molecule has 1 aliphatic heterocycles. The number of carbonyl (C=O) groups excluding carboxylic acids is 1. The molecule has 2 heterocycles. The van der Waals surface area contributed by atoms with Gasteiger partial charge in [-0.15, -0.1) is 0 Å². The number of amides is 1. The summed E-state index contributed by atoms with van der Waals surface area (Å²) in [5, 5.41) is 15.2. The Balaban J connectivity index is 1.46. The minimum Gasteiger partial charge on any atom is -0.487 e. The maximum atomic E-state index is 13.0. The van der Waals surface area contributed by atoms with Gasteiger partial charge in [-0.05, 0) is 57.6 Å². The number of fused-ring (bicyclic) bond motifs is 3. The third-order valence-electron chi connectivity index (χ3n) is 7.48. The molecule has 5 heteroatoms. The van der Waals surface area contributed by atoms with Crippen LogP contribution in [0.4, 0.5) is 0 Å². The lowest BCUT2D eigenvalue weighted by Gasteiger charge is -2.43. The van der Waals surface area contributed by atoms with E-state index < -0.39 is 6.10 Å². The van der Waals surface area contributed by atoms with Crippen molar-refractivity contribution in [1.82, 2.24) is 5.32 Å². The second kappa shape index (κ2) is 7.92. The smallest absolute Gasteiger partial charge is 0.287 e. The number of carbonyl (C=O) groups is 1. The second-order valence-electron chi connectivity index (χ2n) is 9.63. The van der Waals surface area contributed by atoms with E-state index in [-0.39, 0.29) is 17.6 Å². The number of ether oxygens (including phenoxy) is 1. The Labute approximate surface area is 178 Å². The summed E-state index contributed by atoms with van der Waals surface area (Å²) in [6, 6.07) is 4.02. The zero-order chi connectivity index (χ0) is 20.7. The maximum absolute atomic E-state index is 13.0. The largest absolute Gasteiger partial charge is 0.487 e. The molecule has 1 amide bonds. The Morgan fingerprint density at radius 2 is 1.77 bits per heavy atom. The number of hydrogen-bond donors (Lipinski definition) is 2. The summed E-state index contributed by atoms with van der Waals surface area (Å²) in [7, 11) is 0. The molecule has 0 saturated heterocycles. The highest BCUT2D eigenvalue weighted by Gasteiger charge is 2.42. The van der Waals surface area contributed by atoms with E-state index in [0.29, 0.717) is 17.8 Å². The van der Waals surface area contributed by atoms with Crippen LogP contribution in [0.2, 0.25) is 0 Å². The van der Waals surface area contributed by atoms with E-state index in [9.17, 15) is 9.90 Å². The number of aryl methyl sites for hydroxylation is 1. The summed E-state index contributed by atoms with van der Waals surface area (Å²) in [5.74, 6) is 0.981. The Morgan fingerprint density at radius 1 is 1.07 bits per heavy atom. The fraction of sp³-hybridized carbons (Fsp3) is 0.640. The summed E-state index contributed by atoms with van der Waals surface area (Å²) in [6.45, 7) is 1.92. The monoisotopic (exact) mass is 411 g/mol. The number of nitrogens with one attached hydrogen (secondary N) is 1. The molecule has 1 aromatic carbocycles. The standard InChI is InChI=1S/C25H33NO4/c1-16-21-19(29-23(16)24(28)26-17-9-5-2-3-6-10-17)11-12-20-22(21)18(27)15-25(30-20)13-7-4-8-14-25/h11-12,17-18,27H,2-10,13-15H2,1H3,(H,26,28)/t18-/m0/s1. The number of aliphatic hydroxyl groups excluding tert-OH is 1. The van der Waals surface area contributed by atoms with Gasteiger partial charge in [0, 0.05) is 29.0 Å². The molecule has 1 aromatic heterocycles. The molecule has 0 radical (unpaired) electrons. The van der Waals surface area contributed by atoms with Crippen LogP contribution >= 0.6 is 0 Å². The van der Waals surface area contributed by atoms with Crippen molar-refractivity contribution in [3.63, 3.8) is 0 Å². The molecule has 0 bridgehead atoms. The second-order valence-corrected chi connectivity index (χ2v) is 9.63. The van der Waals surface area contributed by atoms with Crippen molar-refractivity contribution >= 4 is 16.9 Å². The zero-order valence-corrected chi connectivity index (χ0v) is 18.0. The van der Waals surface area contributed by atoms with Gasteiger partial charge in [-0.25, -0.2) is 0 Å². The average Bonchev–Trinajstić information content (AvgIpc) is 2.89. The van der Waals surface area contributed by atoms with Crippen LogP contribution in [0.3, 0.4) is 0 Å². The molecule has 3 aliphatic rings. The lowest BCUT2D eigenvalue weighted by Crippen LogP contribution is -2.42. The van der Waals surface area contributed by atoms with Crippen LogP contribution in [-0.2, 0) is 0 Å². The van der Waals surface area contributed by atoms with E-state index in [1.165, 1.54) is 32.1 Å². The van der Waals surface area contributed by atoms with Gasteiger partial charge in [-0.1, -0.05) is 32.1 Å². The first-order valence-electron chi connectivity index (χ1n) is 11.8. The number of benzene rings is 1. The topological polar surface area (TPSA) is 71.7 Å². The van der Waals surface area contributed by atoms with E-state index >= 15 is 0 Å². The van der Waals surface area contributed by atoms with Gasteiger partial charge < -0.3 is 19.6 Å². The summed E-state index contributed by atoms with van der Waals surface area (Å²) >= 11 is 0. The van der Waals surface area contributed by atoms with Crippen molar-refractivity contribution in [3.05, 3.63) is 29.0 Å². The molecular weight excluding hydrogens is 378 g/mol. The number of aliphatic hydroxyl groups is 1. The van der Waals surface area contributed by atoms with Gasteiger partial charge in [0.15, 0.2) is 5.76 Å². The van der Waals surface area contributed by atoms with Crippen molar-refractivity contribution in [1.29, 1.82) is 0 Å². The fourth-order valence-corrected chi connectivity index (χ4v) is 5.90. The Hall–Kier alpha value is -2.01. The van der Waals surface area contributed by atoms with E-state index in [1.807, 2.05) is 19.1 Å². The normalized spacial score (nSPS) is 24.3. The quantitative estimate of drug-likeness (QED) is 0.621.